The Morgan fingerprint density at radius 3 is 2.67 bits per heavy atom. The molecule has 1 aromatic carbocycles. The van der Waals surface area contributed by atoms with Crippen LogP contribution < -0.4 is 0 Å². The molecule has 0 bridgehead atoms. The number of ether oxygens (including phenoxy) is 1. The van der Waals surface area contributed by atoms with Crippen LogP contribution in [0.1, 0.15) is 34.0 Å². The zero-order valence-electron chi connectivity index (χ0n) is 9.13. The number of carbonyl (C=O) groups is 1. The van der Waals surface area contributed by atoms with E-state index in [1.165, 1.54) is 0 Å². The fourth-order valence-corrected chi connectivity index (χ4v) is 1.49. The third kappa shape index (κ3) is 2.16. The minimum Gasteiger partial charge on any atom is -0.462 e. The molecule has 0 saturated heterocycles. The first-order valence-electron chi connectivity index (χ1n) is 4.79. The second kappa shape index (κ2) is 4.61. The van der Waals surface area contributed by atoms with E-state index in [-0.39, 0.29) is 5.97 Å². The largest absolute Gasteiger partial charge is 0.462 e. The molecule has 1 aromatic rings. The zero-order valence-corrected chi connectivity index (χ0v) is 9.13. The summed E-state index contributed by atoms with van der Waals surface area (Å²) >= 11 is 0. The van der Waals surface area contributed by atoms with Crippen molar-refractivity contribution in [1.29, 1.82) is 5.26 Å². The monoisotopic (exact) mass is 203 g/mol. The van der Waals surface area contributed by atoms with Crippen molar-refractivity contribution in [2.75, 3.05) is 6.61 Å². The van der Waals surface area contributed by atoms with Crippen molar-refractivity contribution in [3.05, 3.63) is 34.4 Å². The highest BCUT2D eigenvalue weighted by Gasteiger charge is 2.15. The van der Waals surface area contributed by atoms with Gasteiger partial charge in [0.05, 0.1) is 23.8 Å². The molecule has 0 aliphatic rings. The number of hydrogen-bond donors (Lipinski definition) is 0. The molecule has 0 atom stereocenters. The average Bonchev–Trinajstić information content (AvgIpc) is 2.18. The van der Waals surface area contributed by atoms with Crippen molar-refractivity contribution in [3.63, 3.8) is 0 Å². The van der Waals surface area contributed by atoms with Crippen LogP contribution in [0, 0.1) is 25.2 Å². The summed E-state index contributed by atoms with van der Waals surface area (Å²) in [5, 5.41) is 8.84. The van der Waals surface area contributed by atoms with Gasteiger partial charge in [-0.1, -0.05) is 6.07 Å². The van der Waals surface area contributed by atoms with Gasteiger partial charge in [-0.15, -0.1) is 0 Å². The molecule has 0 spiro atoms. The summed E-state index contributed by atoms with van der Waals surface area (Å²) < 4.78 is 4.94. The van der Waals surface area contributed by atoms with Crippen LogP contribution in [0.25, 0.3) is 0 Å². The highest BCUT2D eigenvalue weighted by molar-refractivity contribution is 5.93. The Bertz CT molecular complexity index is 430. The first-order valence-corrected chi connectivity index (χ1v) is 4.79. The number of rotatable bonds is 2. The predicted octanol–water partition coefficient (Wildman–Crippen LogP) is 2.35. The van der Waals surface area contributed by atoms with Crippen molar-refractivity contribution in [2.24, 2.45) is 0 Å². The van der Waals surface area contributed by atoms with Crippen LogP contribution in [0.4, 0.5) is 0 Å². The number of nitrogens with zero attached hydrogens (tertiary/aromatic N) is 1. The Morgan fingerprint density at radius 2 is 2.13 bits per heavy atom. The third-order valence-electron chi connectivity index (χ3n) is 2.27. The van der Waals surface area contributed by atoms with Gasteiger partial charge in [0.1, 0.15) is 0 Å². The predicted molar refractivity (Wildman–Crippen MR) is 56.6 cm³/mol. The standard InChI is InChI=1S/C12H13NO2/c1-4-15-12(14)11-8(2)5-6-10(7-13)9(11)3/h5-6H,4H2,1-3H3. The third-order valence-corrected chi connectivity index (χ3v) is 2.27. The molecule has 0 N–H and O–H groups in total. The lowest BCUT2D eigenvalue weighted by atomic mass is 9.98. The van der Waals surface area contributed by atoms with Crippen molar-refractivity contribution >= 4 is 5.97 Å². The normalized spacial score (nSPS) is 9.47. The summed E-state index contributed by atoms with van der Waals surface area (Å²) in [4.78, 5) is 11.6. The maximum absolute atomic E-state index is 11.6. The van der Waals surface area contributed by atoms with Crippen molar-refractivity contribution in [1.82, 2.24) is 0 Å². The van der Waals surface area contributed by atoms with Gasteiger partial charge in [-0.25, -0.2) is 4.79 Å². The lowest BCUT2D eigenvalue weighted by Gasteiger charge is -2.09. The van der Waals surface area contributed by atoms with Gasteiger partial charge >= 0.3 is 5.97 Å². The molecule has 0 amide bonds. The molecule has 0 saturated carbocycles. The second-order valence-corrected chi connectivity index (χ2v) is 3.26. The summed E-state index contributed by atoms with van der Waals surface area (Å²) in [6.07, 6.45) is 0. The lowest BCUT2D eigenvalue weighted by molar-refractivity contribution is 0.0524. The number of nitriles is 1. The number of hydrogen-bond acceptors (Lipinski definition) is 3. The number of aryl methyl sites for hydroxylation is 1. The molecule has 3 heteroatoms. The molecular weight excluding hydrogens is 190 g/mol. The maximum atomic E-state index is 11.6. The molecule has 0 aromatic heterocycles. The Labute approximate surface area is 89.3 Å². The molecule has 0 aliphatic heterocycles. The molecule has 0 aliphatic carbocycles. The second-order valence-electron chi connectivity index (χ2n) is 3.26. The van der Waals surface area contributed by atoms with Crippen LogP contribution in [0.5, 0.6) is 0 Å². The molecule has 0 heterocycles. The summed E-state index contributed by atoms with van der Waals surface area (Å²) in [6, 6.07) is 5.53. The van der Waals surface area contributed by atoms with Gasteiger partial charge in [0, 0.05) is 0 Å². The lowest BCUT2D eigenvalue weighted by Crippen LogP contribution is -2.09. The van der Waals surface area contributed by atoms with E-state index < -0.39 is 0 Å². The van der Waals surface area contributed by atoms with Gasteiger partial charge in [-0.3, -0.25) is 0 Å². The van der Waals surface area contributed by atoms with Gasteiger partial charge in [0.15, 0.2) is 0 Å². The highest BCUT2D eigenvalue weighted by Crippen LogP contribution is 2.18. The minimum absolute atomic E-state index is 0.342. The number of carbonyl (C=O) groups excluding carboxylic acids is 1. The smallest absolute Gasteiger partial charge is 0.338 e. The molecular formula is C12H13NO2. The summed E-state index contributed by atoms with van der Waals surface area (Å²) in [5.74, 6) is -0.357. The van der Waals surface area contributed by atoms with Gasteiger partial charge in [-0.05, 0) is 38.0 Å². The van der Waals surface area contributed by atoms with E-state index in [0.717, 1.165) is 5.56 Å². The summed E-state index contributed by atoms with van der Waals surface area (Å²) in [7, 11) is 0. The van der Waals surface area contributed by atoms with Crippen LogP contribution in [0.15, 0.2) is 12.1 Å². The zero-order chi connectivity index (χ0) is 11.4. The quantitative estimate of drug-likeness (QED) is 0.693. The van der Waals surface area contributed by atoms with Crippen LogP contribution in [-0.4, -0.2) is 12.6 Å². The molecule has 78 valence electrons. The molecule has 0 fully saturated rings. The van der Waals surface area contributed by atoms with Crippen LogP contribution >= 0.6 is 0 Å². The van der Waals surface area contributed by atoms with Crippen LogP contribution in [-0.2, 0) is 4.74 Å². The van der Waals surface area contributed by atoms with E-state index >= 15 is 0 Å². The minimum atomic E-state index is -0.357. The van der Waals surface area contributed by atoms with Gasteiger partial charge in [0.2, 0.25) is 0 Å². The van der Waals surface area contributed by atoms with Gasteiger partial charge in [-0.2, -0.15) is 5.26 Å². The molecule has 0 radical (unpaired) electrons. The Morgan fingerprint density at radius 1 is 1.47 bits per heavy atom. The van der Waals surface area contributed by atoms with E-state index in [0.29, 0.717) is 23.3 Å². The van der Waals surface area contributed by atoms with Crippen molar-refractivity contribution in [3.8, 4) is 6.07 Å². The first kappa shape index (κ1) is 11.3. The number of esters is 1. The van der Waals surface area contributed by atoms with E-state index in [1.807, 2.05) is 6.92 Å². The Kier molecular flexibility index (Phi) is 3.46. The average molecular weight is 203 g/mol. The topological polar surface area (TPSA) is 50.1 Å². The fraction of sp³-hybridized carbons (Fsp3) is 0.333. The van der Waals surface area contributed by atoms with Crippen molar-refractivity contribution < 1.29 is 9.53 Å². The molecule has 0 unspecified atom stereocenters. The van der Waals surface area contributed by atoms with Crippen molar-refractivity contribution in [2.45, 2.75) is 20.8 Å². The van der Waals surface area contributed by atoms with Gasteiger partial charge in [0.25, 0.3) is 0 Å². The van der Waals surface area contributed by atoms with E-state index in [4.69, 9.17) is 10.00 Å². The number of benzene rings is 1. The highest BCUT2D eigenvalue weighted by atomic mass is 16.5. The van der Waals surface area contributed by atoms with Crippen LogP contribution in [0.3, 0.4) is 0 Å². The van der Waals surface area contributed by atoms with E-state index in [9.17, 15) is 4.79 Å². The SMILES string of the molecule is CCOC(=O)c1c(C)ccc(C#N)c1C. The summed E-state index contributed by atoms with van der Waals surface area (Å²) in [5.41, 5.74) is 2.56. The van der Waals surface area contributed by atoms with E-state index in [1.54, 1.807) is 26.0 Å². The Balaban J connectivity index is 3.28. The summed E-state index contributed by atoms with van der Waals surface area (Å²) in [6.45, 7) is 5.70. The van der Waals surface area contributed by atoms with Crippen LogP contribution in [0.2, 0.25) is 0 Å². The first-order chi connectivity index (χ1) is 7.11. The molecule has 3 nitrogen and oxygen atoms in total. The maximum Gasteiger partial charge on any atom is 0.338 e. The Hall–Kier alpha value is -1.82. The molecule has 1 rings (SSSR count). The molecule has 15 heavy (non-hydrogen) atoms. The van der Waals surface area contributed by atoms with Gasteiger partial charge < -0.3 is 4.74 Å². The fourth-order valence-electron chi connectivity index (χ4n) is 1.49. The van der Waals surface area contributed by atoms with E-state index in [2.05, 4.69) is 6.07 Å².